The SMILES string of the molecule is O=C(CCCCCn1cnc2c(cnn2-c2ccccc2)c1=O)NO. The van der Waals surface area contributed by atoms with E-state index in [1.165, 1.54) is 6.33 Å². The predicted molar refractivity (Wildman–Crippen MR) is 91.5 cm³/mol. The van der Waals surface area contributed by atoms with Crippen molar-refractivity contribution in [2.24, 2.45) is 0 Å². The number of carbonyl (C=O) groups excluding carboxylic acids is 1. The molecule has 3 aromatic rings. The smallest absolute Gasteiger partial charge is 0.264 e. The van der Waals surface area contributed by atoms with Crippen LogP contribution in [-0.4, -0.2) is 30.4 Å². The molecule has 8 nitrogen and oxygen atoms in total. The van der Waals surface area contributed by atoms with E-state index in [0.717, 1.165) is 18.5 Å². The fraction of sp³-hybridized carbons (Fsp3) is 0.294. The van der Waals surface area contributed by atoms with E-state index in [1.807, 2.05) is 30.3 Å². The first-order chi connectivity index (χ1) is 12.2. The number of amides is 1. The molecule has 1 amide bonds. The van der Waals surface area contributed by atoms with Crippen molar-refractivity contribution in [2.45, 2.75) is 32.2 Å². The fourth-order valence-corrected chi connectivity index (χ4v) is 2.67. The lowest BCUT2D eigenvalue weighted by Crippen LogP contribution is -2.21. The molecule has 1 aromatic carbocycles. The first kappa shape index (κ1) is 16.8. The molecule has 0 aliphatic carbocycles. The number of aromatic nitrogens is 4. The number of hydroxylamine groups is 1. The molecule has 25 heavy (non-hydrogen) atoms. The maximum atomic E-state index is 12.6. The summed E-state index contributed by atoms with van der Waals surface area (Å²) in [6.07, 6.45) is 5.53. The molecule has 130 valence electrons. The largest absolute Gasteiger partial charge is 0.299 e. The summed E-state index contributed by atoms with van der Waals surface area (Å²) in [4.78, 5) is 27.9. The minimum absolute atomic E-state index is 0.125. The molecule has 0 fully saturated rings. The number of hydrogen-bond donors (Lipinski definition) is 2. The van der Waals surface area contributed by atoms with E-state index in [2.05, 4.69) is 10.1 Å². The van der Waals surface area contributed by atoms with Crippen LogP contribution in [-0.2, 0) is 11.3 Å². The summed E-state index contributed by atoms with van der Waals surface area (Å²) in [6.45, 7) is 0.527. The molecule has 0 aliphatic rings. The van der Waals surface area contributed by atoms with Gasteiger partial charge in [-0.05, 0) is 25.0 Å². The van der Waals surface area contributed by atoms with Crippen LogP contribution < -0.4 is 11.0 Å². The van der Waals surface area contributed by atoms with Crippen LogP contribution in [0.5, 0.6) is 0 Å². The normalized spacial score (nSPS) is 10.9. The Bertz CT molecular complexity index is 917. The summed E-state index contributed by atoms with van der Waals surface area (Å²) < 4.78 is 3.21. The van der Waals surface area contributed by atoms with Crippen LogP contribution >= 0.6 is 0 Å². The van der Waals surface area contributed by atoms with E-state index < -0.39 is 5.91 Å². The molecule has 0 atom stereocenters. The number of nitrogens with one attached hydrogen (secondary N) is 1. The molecule has 2 aromatic heterocycles. The average Bonchev–Trinajstić information content (AvgIpc) is 3.08. The highest BCUT2D eigenvalue weighted by Crippen LogP contribution is 2.13. The van der Waals surface area contributed by atoms with E-state index in [1.54, 1.807) is 20.9 Å². The van der Waals surface area contributed by atoms with Crippen LogP contribution in [0.3, 0.4) is 0 Å². The summed E-state index contributed by atoms with van der Waals surface area (Å²) >= 11 is 0. The number of nitrogens with zero attached hydrogens (tertiary/aromatic N) is 4. The van der Waals surface area contributed by atoms with Gasteiger partial charge in [-0.15, -0.1) is 0 Å². The van der Waals surface area contributed by atoms with Crippen LogP contribution in [0, 0.1) is 0 Å². The van der Waals surface area contributed by atoms with Gasteiger partial charge >= 0.3 is 0 Å². The van der Waals surface area contributed by atoms with Gasteiger partial charge < -0.3 is 0 Å². The van der Waals surface area contributed by atoms with Crippen LogP contribution in [0.1, 0.15) is 25.7 Å². The van der Waals surface area contributed by atoms with Gasteiger partial charge in [0.2, 0.25) is 5.91 Å². The Hall–Kier alpha value is -3.00. The Morgan fingerprint density at radius 1 is 1.16 bits per heavy atom. The Kier molecular flexibility index (Phi) is 5.20. The molecule has 0 radical (unpaired) electrons. The monoisotopic (exact) mass is 341 g/mol. The Labute approximate surface area is 143 Å². The standard InChI is InChI=1S/C17H19N5O3/c23-15(20-25)9-5-2-6-10-21-12-18-16-14(17(21)24)11-19-22(16)13-7-3-1-4-8-13/h1,3-4,7-8,11-12,25H,2,5-6,9-10H2,(H,20,23). The molecule has 2 heterocycles. The van der Waals surface area contributed by atoms with Gasteiger partial charge in [-0.2, -0.15) is 5.10 Å². The minimum atomic E-state index is -0.395. The lowest BCUT2D eigenvalue weighted by Gasteiger charge is -2.06. The van der Waals surface area contributed by atoms with Crippen molar-refractivity contribution in [2.75, 3.05) is 0 Å². The highest BCUT2D eigenvalue weighted by atomic mass is 16.5. The summed E-state index contributed by atoms with van der Waals surface area (Å²) in [5.41, 5.74) is 2.87. The first-order valence-electron chi connectivity index (χ1n) is 8.12. The number of carbonyl (C=O) groups is 1. The van der Waals surface area contributed by atoms with Crippen molar-refractivity contribution < 1.29 is 10.0 Å². The van der Waals surface area contributed by atoms with Gasteiger partial charge in [-0.1, -0.05) is 24.6 Å². The van der Waals surface area contributed by atoms with E-state index in [9.17, 15) is 9.59 Å². The second-order valence-electron chi connectivity index (χ2n) is 5.72. The zero-order valence-electron chi connectivity index (χ0n) is 13.6. The second kappa shape index (κ2) is 7.71. The number of rotatable bonds is 7. The molecular weight excluding hydrogens is 322 g/mol. The van der Waals surface area contributed by atoms with E-state index in [4.69, 9.17) is 5.21 Å². The average molecular weight is 341 g/mol. The molecular formula is C17H19N5O3. The molecule has 0 aliphatic heterocycles. The summed E-state index contributed by atoms with van der Waals surface area (Å²) in [7, 11) is 0. The maximum absolute atomic E-state index is 12.6. The zero-order valence-corrected chi connectivity index (χ0v) is 13.6. The van der Waals surface area contributed by atoms with Gasteiger partial charge in [0.15, 0.2) is 5.65 Å². The molecule has 2 N–H and O–H groups in total. The lowest BCUT2D eigenvalue weighted by molar-refractivity contribution is -0.129. The zero-order chi connectivity index (χ0) is 17.6. The Balaban J connectivity index is 1.71. The molecule has 8 heteroatoms. The number of benzene rings is 1. The van der Waals surface area contributed by atoms with Crippen molar-refractivity contribution >= 4 is 16.9 Å². The lowest BCUT2D eigenvalue weighted by atomic mass is 10.2. The second-order valence-corrected chi connectivity index (χ2v) is 5.72. The predicted octanol–water partition coefficient (Wildman–Crippen LogP) is 1.65. The molecule has 3 rings (SSSR count). The third-order valence-corrected chi connectivity index (χ3v) is 3.98. The van der Waals surface area contributed by atoms with E-state index in [-0.39, 0.29) is 12.0 Å². The molecule has 0 saturated heterocycles. The van der Waals surface area contributed by atoms with Crippen LogP contribution in [0.25, 0.3) is 16.7 Å². The first-order valence-corrected chi connectivity index (χ1v) is 8.12. The van der Waals surface area contributed by atoms with Crippen LogP contribution in [0.15, 0.2) is 47.7 Å². The summed E-state index contributed by atoms with van der Waals surface area (Å²) in [5, 5.41) is 13.2. The number of unbranched alkanes of at least 4 members (excludes halogenated alkanes) is 2. The van der Waals surface area contributed by atoms with Crippen molar-refractivity contribution in [3.8, 4) is 5.69 Å². The van der Waals surface area contributed by atoms with Crippen molar-refractivity contribution in [3.63, 3.8) is 0 Å². The Morgan fingerprint density at radius 2 is 1.96 bits per heavy atom. The maximum Gasteiger partial charge on any atom is 0.264 e. The third-order valence-electron chi connectivity index (χ3n) is 3.98. The van der Waals surface area contributed by atoms with Crippen molar-refractivity contribution in [3.05, 3.63) is 53.2 Å². The van der Waals surface area contributed by atoms with Crippen LogP contribution in [0.4, 0.5) is 0 Å². The molecule has 0 unspecified atom stereocenters. The van der Waals surface area contributed by atoms with Crippen molar-refractivity contribution in [1.82, 2.24) is 24.8 Å². The highest BCUT2D eigenvalue weighted by Gasteiger charge is 2.11. The third kappa shape index (κ3) is 3.74. The van der Waals surface area contributed by atoms with Crippen molar-refractivity contribution in [1.29, 1.82) is 0 Å². The number of aryl methyl sites for hydroxylation is 1. The molecule has 0 spiro atoms. The van der Waals surface area contributed by atoms with Gasteiger partial charge in [-0.25, -0.2) is 15.1 Å². The fourth-order valence-electron chi connectivity index (χ4n) is 2.67. The number of hydrogen-bond acceptors (Lipinski definition) is 5. The van der Waals surface area contributed by atoms with Gasteiger partial charge in [0, 0.05) is 13.0 Å². The summed E-state index contributed by atoms with van der Waals surface area (Å²) in [6, 6.07) is 9.53. The van der Waals surface area contributed by atoms with Gasteiger partial charge in [0.05, 0.1) is 18.2 Å². The topological polar surface area (TPSA) is 102 Å². The number of fused-ring (bicyclic) bond motifs is 1. The van der Waals surface area contributed by atoms with Crippen LogP contribution in [0.2, 0.25) is 0 Å². The molecule has 0 saturated carbocycles. The highest BCUT2D eigenvalue weighted by molar-refractivity contribution is 5.75. The Morgan fingerprint density at radius 3 is 2.72 bits per heavy atom. The number of para-hydroxylation sites is 1. The van der Waals surface area contributed by atoms with E-state index in [0.29, 0.717) is 24.0 Å². The van der Waals surface area contributed by atoms with E-state index >= 15 is 0 Å². The van der Waals surface area contributed by atoms with Gasteiger partial charge in [0.1, 0.15) is 5.39 Å². The van der Waals surface area contributed by atoms with Gasteiger partial charge in [-0.3, -0.25) is 19.4 Å². The minimum Gasteiger partial charge on any atom is -0.299 e. The summed E-state index contributed by atoms with van der Waals surface area (Å²) in [5.74, 6) is -0.395. The molecule has 0 bridgehead atoms. The quantitative estimate of drug-likeness (QED) is 0.386. The van der Waals surface area contributed by atoms with Gasteiger partial charge in [0.25, 0.3) is 5.56 Å².